The first-order valence-corrected chi connectivity index (χ1v) is 19.7. The monoisotopic (exact) mass is 784 g/mol. The summed E-state index contributed by atoms with van der Waals surface area (Å²) >= 11 is 12.7. The number of methoxy groups -OCH3 is 1. The van der Waals surface area contributed by atoms with E-state index in [1.807, 2.05) is 70.7 Å². The molecule has 3 aliphatic heterocycles. The number of piperazine rings is 1. The van der Waals surface area contributed by atoms with E-state index in [1.54, 1.807) is 30.0 Å². The third-order valence-corrected chi connectivity index (χ3v) is 11.9. The molecule has 0 bridgehead atoms. The largest absolute Gasteiger partial charge is 0.495 e. The topological polar surface area (TPSA) is 107 Å². The van der Waals surface area contributed by atoms with E-state index in [4.69, 9.17) is 42.5 Å². The van der Waals surface area contributed by atoms with Crippen LogP contribution in [0, 0.1) is 0 Å². The van der Waals surface area contributed by atoms with Gasteiger partial charge >= 0.3 is 6.03 Å². The van der Waals surface area contributed by atoms with Crippen molar-refractivity contribution in [1.82, 2.24) is 24.1 Å². The van der Waals surface area contributed by atoms with Gasteiger partial charge in [0.1, 0.15) is 34.4 Å². The van der Waals surface area contributed by atoms with Gasteiger partial charge < -0.3 is 14.4 Å². The predicted octanol–water partition coefficient (Wildman–Crippen LogP) is 6.21. The molecular weight excluding hydrogens is 739 g/mol. The van der Waals surface area contributed by atoms with Crippen LogP contribution >= 0.6 is 23.2 Å². The predicted molar refractivity (Wildman–Crippen MR) is 206 cm³/mol. The zero-order valence-corrected chi connectivity index (χ0v) is 32.8. The zero-order chi connectivity index (χ0) is 37.6. The van der Waals surface area contributed by atoms with Gasteiger partial charge in [0.05, 0.1) is 43.9 Å². The van der Waals surface area contributed by atoms with Gasteiger partial charge in [-0.05, 0) is 61.2 Å². The molecule has 6 rings (SSSR count). The standard InChI is InChI=1S/C38H46Cl2N6O6S/c1-5-52-31-24-32(50-3)33(53(49)45-17-7-6-8-18-45)23-30(31)37-41-35(26-9-13-28(39)14-10-26)36(27-11-15-29(40)16-12-27)46(37)38(48)44-21-19-43(20-22-44)25-34(47)42(2)51-4/h9-16,23-24,35-36H,5-8,17-22,25H2,1-4H3/t35-,36+,53?/m0/s1. The molecule has 3 aliphatic rings. The Bertz CT molecular complexity index is 1820. The number of nitrogens with zero attached hydrogens (tertiary/aromatic N) is 6. The lowest BCUT2D eigenvalue weighted by Crippen LogP contribution is -2.55. The van der Waals surface area contributed by atoms with Crippen molar-refractivity contribution in [2.45, 2.75) is 43.2 Å². The quantitative estimate of drug-likeness (QED) is 0.213. The number of carbonyl (C=O) groups excluding carboxylic acids is 2. The van der Waals surface area contributed by atoms with Crippen molar-refractivity contribution in [1.29, 1.82) is 0 Å². The van der Waals surface area contributed by atoms with Crippen molar-refractivity contribution in [3.63, 3.8) is 0 Å². The van der Waals surface area contributed by atoms with E-state index >= 15 is 4.79 Å². The Balaban J connectivity index is 1.46. The van der Waals surface area contributed by atoms with Gasteiger partial charge in [-0.3, -0.25) is 24.4 Å². The molecule has 2 fully saturated rings. The van der Waals surface area contributed by atoms with Crippen molar-refractivity contribution in [2.24, 2.45) is 4.99 Å². The molecule has 0 saturated carbocycles. The highest BCUT2D eigenvalue weighted by molar-refractivity contribution is 7.82. The second-order valence-electron chi connectivity index (χ2n) is 13.1. The Labute approximate surface area is 323 Å². The molecule has 2 saturated heterocycles. The number of ether oxygens (including phenoxy) is 2. The summed E-state index contributed by atoms with van der Waals surface area (Å²) in [5.41, 5.74) is 2.22. The van der Waals surface area contributed by atoms with Crippen LogP contribution in [-0.4, -0.2) is 120 Å². The van der Waals surface area contributed by atoms with Crippen molar-refractivity contribution in [3.05, 3.63) is 87.4 Å². The number of likely N-dealkylation sites (N-methyl/N-ethyl adjacent to an activating group) is 1. The van der Waals surface area contributed by atoms with E-state index in [0.29, 0.717) is 83.7 Å². The van der Waals surface area contributed by atoms with Gasteiger partial charge in [-0.1, -0.05) is 53.9 Å². The number of amides is 3. The molecule has 3 atom stereocenters. The van der Waals surface area contributed by atoms with Gasteiger partial charge in [0.2, 0.25) is 0 Å². The summed E-state index contributed by atoms with van der Waals surface area (Å²) in [5, 5.41) is 2.35. The average Bonchev–Trinajstić information content (AvgIpc) is 3.58. The van der Waals surface area contributed by atoms with Crippen LogP contribution in [0.15, 0.2) is 70.6 Å². The number of hydroxylamine groups is 2. The summed E-state index contributed by atoms with van der Waals surface area (Å²) in [6, 6.07) is 17.1. The fourth-order valence-electron chi connectivity index (χ4n) is 6.95. The second-order valence-corrected chi connectivity index (χ2v) is 15.4. The molecule has 0 spiro atoms. The summed E-state index contributed by atoms with van der Waals surface area (Å²) in [7, 11) is 3.05. The molecule has 0 aromatic heterocycles. The van der Waals surface area contributed by atoms with Gasteiger partial charge in [0, 0.05) is 62.4 Å². The SMILES string of the molecule is CCOc1cc(OC)c(S(=O)N2CCCCC2)cc1C1=N[C@@H](c2ccc(Cl)cc2)[C@@H](c2ccc(Cl)cc2)N1C(=O)N1CCN(CC(=O)N(C)OC)CC1. The average molecular weight is 786 g/mol. The smallest absolute Gasteiger partial charge is 0.326 e. The Morgan fingerprint density at radius 3 is 2.08 bits per heavy atom. The molecule has 1 unspecified atom stereocenters. The Morgan fingerprint density at radius 1 is 0.868 bits per heavy atom. The van der Waals surface area contributed by atoms with Crippen molar-refractivity contribution >= 4 is 52.0 Å². The molecule has 0 aliphatic carbocycles. The van der Waals surface area contributed by atoms with E-state index in [-0.39, 0.29) is 18.5 Å². The normalized spacial score (nSPS) is 20.2. The lowest BCUT2D eigenvalue weighted by atomic mass is 9.93. The van der Waals surface area contributed by atoms with E-state index in [0.717, 1.165) is 30.4 Å². The van der Waals surface area contributed by atoms with E-state index in [1.165, 1.54) is 12.2 Å². The van der Waals surface area contributed by atoms with Gasteiger partial charge in [-0.2, -0.15) is 0 Å². The van der Waals surface area contributed by atoms with Crippen LogP contribution < -0.4 is 9.47 Å². The van der Waals surface area contributed by atoms with Crippen LogP contribution in [0.3, 0.4) is 0 Å². The fraction of sp³-hybridized carbons (Fsp3) is 0.447. The summed E-state index contributed by atoms with van der Waals surface area (Å²) < 4.78 is 28.2. The number of carbonyl (C=O) groups is 2. The molecule has 0 N–H and O–H groups in total. The minimum Gasteiger partial charge on any atom is -0.495 e. The Hall–Kier alpha value is -3.72. The molecule has 12 nitrogen and oxygen atoms in total. The van der Waals surface area contributed by atoms with Gasteiger partial charge in [-0.15, -0.1) is 0 Å². The molecule has 3 heterocycles. The van der Waals surface area contributed by atoms with Crippen LogP contribution in [0.4, 0.5) is 4.79 Å². The number of aliphatic imine (C=N–C) groups is 1. The third kappa shape index (κ3) is 8.66. The molecular formula is C38H46Cl2N6O6S. The first-order valence-electron chi connectivity index (χ1n) is 17.8. The van der Waals surface area contributed by atoms with Crippen molar-refractivity contribution in [2.75, 3.05) is 73.7 Å². The Morgan fingerprint density at radius 2 is 1.49 bits per heavy atom. The molecule has 53 heavy (non-hydrogen) atoms. The van der Waals surface area contributed by atoms with Crippen LogP contribution in [0.25, 0.3) is 0 Å². The number of piperidine rings is 1. The van der Waals surface area contributed by atoms with Crippen LogP contribution in [-0.2, 0) is 20.6 Å². The molecule has 0 radical (unpaired) electrons. The number of halogens is 2. The third-order valence-electron chi connectivity index (χ3n) is 9.87. The maximum atomic E-state index is 15.1. The van der Waals surface area contributed by atoms with Crippen molar-refractivity contribution in [3.8, 4) is 11.5 Å². The number of rotatable bonds is 11. The number of amidine groups is 1. The number of hydrogen-bond donors (Lipinski definition) is 0. The van der Waals surface area contributed by atoms with E-state index < -0.39 is 23.1 Å². The zero-order valence-electron chi connectivity index (χ0n) is 30.5. The molecule has 3 aromatic carbocycles. The van der Waals surface area contributed by atoms with Crippen LogP contribution in [0.1, 0.15) is 55.0 Å². The number of urea groups is 1. The lowest BCUT2D eigenvalue weighted by molar-refractivity contribution is -0.170. The van der Waals surface area contributed by atoms with Gasteiger partial charge in [0.25, 0.3) is 5.91 Å². The minimum absolute atomic E-state index is 0.171. The Kier molecular flexibility index (Phi) is 13.0. The highest BCUT2D eigenvalue weighted by Crippen LogP contribution is 2.46. The van der Waals surface area contributed by atoms with Gasteiger partial charge in [0.15, 0.2) is 0 Å². The lowest BCUT2D eigenvalue weighted by Gasteiger charge is -2.39. The molecule has 15 heteroatoms. The maximum absolute atomic E-state index is 15.1. The summed E-state index contributed by atoms with van der Waals surface area (Å²) in [4.78, 5) is 44.1. The summed E-state index contributed by atoms with van der Waals surface area (Å²) in [6.45, 7) is 5.58. The first kappa shape index (κ1) is 39.0. The van der Waals surface area contributed by atoms with Crippen LogP contribution in [0.5, 0.6) is 11.5 Å². The maximum Gasteiger partial charge on any atom is 0.326 e. The summed E-state index contributed by atoms with van der Waals surface area (Å²) in [6.07, 6.45) is 3.02. The fourth-order valence-corrected chi connectivity index (χ4v) is 8.61. The van der Waals surface area contributed by atoms with Crippen molar-refractivity contribution < 1.29 is 28.1 Å². The number of hydrogen-bond acceptors (Lipinski definition) is 8. The molecule has 284 valence electrons. The molecule has 3 aromatic rings. The summed E-state index contributed by atoms with van der Waals surface area (Å²) in [5.74, 6) is 1.11. The minimum atomic E-state index is -1.53. The highest BCUT2D eigenvalue weighted by Gasteiger charge is 2.45. The van der Waals surface area contributed by atoms with Crippen LogP contribution in [0.2, 0.25) is 10.0 Å². The second kappa shape index (κ2) is 17.6. The first-order chi connectivity index (χ1) is 25.6. The van der Waals surface area contributed by atoms with E-state index in [9.17, 15) is 9.00 Å². The number of benzene rings is 3. The van der Waals surface area contributed by atoms with Gasteiger partial charge in [-0.25, -0.2) is 18.4 Å². The highest BCUT2D eigenvalue weighted by atomic mass is 35.5. The van der Waals surface area contributed by atoms with E-state index in [2.05, 4.69) is 0 Å². The molecule has 3 amide bonds.